The second-order valence-electron chi connectivity index (χ2n) is 3.59. The molecule has 0 saturated heterocycles. The van der Waals surface area contributed by atoms with E-state index >= 15 is 0 Å². The van der Waals surface area contributed by atoms with E-state index in [1.54, 1.807) is 13.0 Å². The molecule has 2 rings (SSSR count). The summed E-state index contributed by atoms with van der Waals surface area (Å²) in [4.78, 5) is 11.7. The average Bonchev–Trinajstić information content (AvgIpc) is 2.38. The highest BCUT2D eigenvalue weighted by molar-refractivity contribution is 5.90. The van der Waals surface area contributed by atoms with E-state index in [0.29, 0.717) is 11.3 Å². The number of carbonyl (C=O) groups excluding carboxylic acids is 1. The Balaban J connectivity index is 2.01. The van der Waals surface area contributed by atoms with E-state index in [0.717, 1.165) is 5.56 Å². The van der Waals surface area contributed by atoms with Crippen molar-refractivity contribution in [3.05, 3.63) is 59.4 Å². The molecule has 0 atom stereocenters. The maximum absolute atomic E-state index is 11.7. The summed E-state index contributed by atoms with van der Waals surface area (Å²) >= 11 is 0. The molecule has 0 fully saturated rings. The molecule has 4 nitrogen and oxygen atoms in total. The lowest BCUT2D eigenvalue weighted by atomic mass is 10.2. The summed E-state index contributed by atoms with van der Waals surface area (Å²) in [6.07, 6.45) is 1.48. The molecule has 1 aromatic carbocycles. The standard InChI is InChI=1S/C13H12N2O2/c1-10-12(7-8-14-15-10)13(16)17-9-11-5-3-2-4-6-11/h2-8H,9H2,1H3. The molecule has 86 valence electrons. The first-order chi connectivity index (χ1) is 8.27. The molecule has 1 heterocycles. The minimum Gasteiger partial charge on any atom is -0.457 e. The lowest BCUT2D eigenvalue weighted by molar-refractivity contribution is 0.0471. The average molecular weight is 228 g/mol. The SMILES string of the molecule is Cc1nnccc1C(=O)OCc1ccccc1. The Morgan fingerprint density at radius 2 is 2.00 bits per heavy atom. The van der Waals surface area contributed by atoms with Crippen LogP contribution in [0.4, 0.5) is 0 Å². The fourth-order valence-electron chi connectivity index (χ4n) is 1.42. The number of hydrogen-bond donors (Lipinski definition) is 0. The molecular weight excluding hydrogens is 216 g/mol. The van der Waals surface area contributed by atoms with Gasteiger partial charge in [0.2, 0.25) is 0 Å². The fourth-order valence-corrected chi connectivity index (χ4v) is 1.42. The van der Waals surface area contributed by atoms with E-state index in [9.17, 15) is 4.79 Å². The molecule has 0 unspecified atom stereocenters. The molecule has 0 aliphatic carbocycles. The van der Waals surface area contributed by atoms with Gasteiger partial charge in [-0.15, -0.1) is 0 Å². The van der Waals surface area contributed by atoms with Gasteiger partial charge in [0.05, 0.1) is 17.5 Å². The lowest BCUT2D eigenvalue weighted by Crippen LogP contribution is -2.08. The van der Waals surface area contributed by atoms with Gasteiger partial charge in [-0.3, -0.25) is 0 Å². The number of aromatic nitrogens is 2. The first-order valence-corrected chi connectivity index (χ1v) is 5.26. The fraction of sp³-hybridized carbons (Fsp3) is 0.154. The van der Waals surface area contributed by atoms with Crippen LogP contribution in [0, 0.1) is 6.92 Å². The van der Waals surface area contributed by atoms with Crippen LogP contribution >= 0.6 is 0 Å². The summed E-state index contributed by atoms with van der Waals surface area (Å²) in [5.74, 6) is -0.374. The summed E-state index contributed by atoms with van der Waals surface area (Å²) in [7, 11) is 0. The third kappa shape index (κ3) is 2.87. The van der Waals surface area contributed by atoms with E-state index in [-0.39, 0.29) is 12.6 Å². The molecule has 4 heteroatoms. The summed E-state index contributed by atoms with van der Waals surface area (Å²) < 4.78 is 5.19. The first kappa shape index (κ1) is 11.3. The molecule has 0 N–H and O–H groups in total. The van der Waals surface area contributed by atoms with Gasteiger partial charge in [0.1, 0.15) is 6.61 Å². The number of esters is 1. The Hall–Kier alpha value is -2.23. The van der Waals surface area contributed by atoms with Gasteiger partial charge in [0.25, 0.3) is 0 Å². The van der Waals surface area contributed by atoms with Gasteiger partial charge in [0.15, 0.2) is 0 Å². The van der Waals surface area contributed by atoms with Crippen molar-refractivity contribution in [3.63, 3.8) is 0 Å². The summed E-state index contributed by atoms with van der Waals surface area (Å²) in [5, 5.41) is 7.49. The largest absolute Gasteiger partial charge is 0.457 e. The van der Waals surface area contributed by atoms with E-state index in [1.807, 2.05) is 30.3 Å². The van der Waals surface area contributed by atoms with Crippen LogP contribution in [-0.2, 0) is 11.3 Å². The van der Waals surface area contributed by atoms with Gasteiger partial charge < -0.3 is 4.74 Å². The van der Waals surface area contributed by atoms with Crippen molar-refractivity contribution in [2.24, 2.45) is 0 Å². The van der Waals surface area contributed by atoms with Crippen LogP contribution in [0.1, 0.15) is 21.6 Å². The predicted octanol–water partition coefficient (Wildman–Crippen LogP) is 2.14. The van der Waals surface area contributed by atoms with Gasteiger partial charge in [-0.1, -0.05) is 30.3 Å². The number of ether oxygens (including phenoxy) is 1. The quantitative estimate of drug-likeness (QED) is 0.755. The molecule has 0 bridgehead atoms. The zero-order valence-corrected chi connectivity index (χ0v) is 9.46. The summed E-state index contributed by atoms with van der Waals surface area (Å²) in [6.45, 7) is 1.99. The van der Waals surface area contributed by atoms with E-state index in [1.165, 1.54) is 6.20 Å². The maximum atomic E-state index is 11.7. The molecule has 0 amide bonds. The van der Waals surface area contributed by atoms with Crippen LogP contribution in [0.2, 0.25) is 0 Å². The first-order valence-electron chi connectivity index (χ1n) is 5.26. The predicted molar refractivity (Wildman–Crippen MR) is 62.3 cm³/mol. The van der Waals surface area contributed by atoms with Crippen molar-refractivity contribution in [2.45, 2.75) is 13.5 Å². The Bertz CT molecular complexity index is 512. The van der Waals surface area contributed by atoms with Crippen LogP contribution in [0.25, 0.3) is 0 Å². The van der Waals surface area contributed by atoms with Crippen LogP contribution in [0.5, 0.6) is 0 Å². The van der Waals surface area contributed by atoms with Crippen molar-refractivity contribution < 1.29 is 9.53 Å². The lowest BCUT2D eigenvalue weighted by Gasteiger charge is -2.05. The number of nitrogens with zero attached hydrogens (tertiary/aromatic N) is 2. The Labute approximate surface area is 99.3 Å². The van der Waals surface area contributed by atoms with Crippen LogP contribution in [0.15, 0.2) is 42.6 Å². The number of carbonyl (C=O) groups is 1. The molecule has 0 radical (unpaired) electrons. The Kier molecular flexibility index (Phi) is 3.45. The maximum Gasteiger partial charge on any atom is 0.340 e. The van der Waals surface area contributed by atoms with Crippen molar-refractivity contribution in [1.29, 1.82) is 0 Å². The van der Waals surface area contributed by atoms with Gasteiger partial charge in [0, 0.05) is 0 Å². The zero-order chi connectivity index (χ0) is 12.1. The van der Waals surface area contributed by atoms with Gasteiger partial charge >= 0.3 is 5.97 Å². The van der Waals surface area contributed by atoms with Crippen molar-refractivity contribution >= 4 is 5.97 Å². The minimum absolute atomic E-state index is 0.265. The number of benzene rings is 1. The van der Waals surface area contributed by atoms with Crippen LogP contribution in [0.3, 0.4) is 0 Å². The normalized spacial score (nSPS) is 9.94. The zero-order valence-electron chi connectivity index (χ0n) is 9.46. The minimum atomic E-state index is -0.374. The molecule has 1 aromatic heterocycles. The van der Waals surface area contributed by atoms with Crippen molar-refractivity contribution in [2.75, 3.05) is 0 Å². The second kappa shape index (κ2) is 5.21. The van der Waals surface area contributed by atoms with Crippen LogP contribution in [-0.4, -0.2) is 16.2 Å². The third-order valence-electron chi connectivity index (χ3n) is 2.34. The van der Waals surface area contributed by atoms with E-state index in [4.69, 9.17) is 4.74 Å². The second-order valence-corrected chi connectivity index (χ2v) is 3.59. The number of rotatable bonds is 3. The molecular formula is C13H12N2O2. The molecule has 0 aliphatic rings. The third-order valence-corrected chi connectivity index (χ3v) is 2.34. The molecule has 0 saturated carbocycles. The highest BCUT2D eigenvalue weighted by Gasteiger charge is 2.10. The molecule has 2 aromatic rings. The molecule has 0 aliphatic heterocycles. The number of hydrogen-bond acceptors (Lipinski definition) is 4. The van der Waals surface area contributed by atoms with Gasteiger partial charge in [-0.2, -0.15) is 10.2 Å². The monoisotopic (exact) mass is 228 g/mol. The highest BCUT2D eigenvalue weighted by atomic mass is 16.5. The summed E-state index contributed by atoms with van der Waals surface area (Å²) in [6, 6.07) is 11.2. The summed E-state index contributed by atoms with van der Waals surface area (Å²) in [5.41, 5.74) is 1.99. The Morgan fingerprint density at radius 1 is 1.24 bits per heavy atom. The highest BCUT2D eigenvalue weighted by Crippen LogP contribution is 2.07. The Morgan fingerprint density at radius 3 is 2.71 bits per heavy atom. The smallest absolute Gasteiger partial charge is 0.340 e. The van der Waals surface area contributed by atoms with Gasteiger partial charge in [-0.25, -0.2) is 4.79 Å². The number of aryl methyl sites for hydroxylation is 1. The topological polar surface area (TPSA) is 52.1 Å². The van der Waals surface area contributed by atoms with Crippen molar-refractivity contribution in [1.82, 2.24) is 10.2 Å². The molecule has 17 heavy (non-hydrogen) atoms. The molecule has 0 spiro atoms. The van der Waals surface area contributed by atoms with Gasteiger partial charge in [-0.05, 0) is 18.6 Å². The van der Waals surface area contributed by atoms with Crippen molar-refractivity contribution in [3.8, 4) is 0 Å². The van der Waals surface area contributed by atoms with Crippen LogP contribution < -0.4 is 0 Å². The van der Waals surface area contributed by atoms with E-state index < -0.39 is 0 Å². The van der Waals surface area contributed by atoms with E-state index in [2.05, 4.69) is 10.2 Å².